The number of rotatable bonds is 2. The molecule has 1 aliphatic heterocycles. The number of anilines is 1. The SMILES string of the molecule is CC1(C)CN(c2ncnc3c2cnn3-c2ccccc2)CCC1N. The molecule has 1 aromatic carbocycles. The molecular weight excluding hydrogens is 300 g/mol. The van der Waals surface area contributed by atoms with Crippen LogP contribution in [0, 0.1) is 5.41 Å². The standard InChI is InChI=1S/C18H22N6/c1-18(2)11-23(9-8-15(18)19)16-14-10-22-24(17(14)21-12-20-16)13-6-4-3-5-7-13/h3-7,10,12,15H,8-9,11,19H2,1-2H3. The molecule has 0 amide bonds. The maximum Gasteiger partial charge on any atom is 0.168 e. The van der Waals surface area contributed by atoms with Gasteiger partial charge in [0.2, 0.25) is 0 Å². The van der Waals surface area contributed by atoms with Gasteiger partial charge in [0.25, 0.3) is 0 Å². The Bertz CT molecular complexity index is 854. The maximum absolute atomic E-state index is 6.27. The lowest BCUT2D eigenvalue weighted by Crippen LogP contribution is -2.52. The van der Waals surface area contributed by atoms with E-state index < -0.39 is 0 Å². The summed E-state index contributed by atoms with van der Waals surface area (Å²) in [5.41, 5.74) is 8.16. The minimum absolute atomic E-state index is 0.0605. The Labute approximate surface area is 141 Å². The van der Waals surface area contributed by atoms with Crippen molar-refractivity contribution in [3.63, 3.8) is 0 Å². The molecule has 0 saturated carbocycles. The van der Waals surface area contributed by atoms with Gasteiger partial charge in [0.05, 0.1) is 17.3 Å². The first kappa shape index (κ1) is 15.1. The summed E-state index contributed by atoms with van der Waals surface area (Å²) in [7, 11) is 0. The van der Waals surface area contributed by atoms with Crippen molar-refractivity contribution in [2.75, 3.05) is 18.0 Å². The number of para-hydroxylation sites is 1. The number of aromatic nitrogens is 4. The van der Waals surface area contributed by atoms with Gasteiger partial charge >= 0.3 is 0 Å². The summed E-state index contributed by atoms with van der Waals surface area (Å²) in [5.74, 6) is 0.946. The van der Waals surface area contributed by atoms with Crippen molar-refractivity contribution in [1.82, 2.24) is 19.7 Å². The van der Waals surface area contributed by atoms with E-state index in [1.165, 1.54) is 0 Å². The highest BCUT2D eigenvalue weighted by Gasteiger charge is 2.34. The highest BCUT2D eigenvalue weighted by molar-refractivity contribution is 5.87. The fourth-order valence-electron chi connectivity index (χ4n) is 3.40. The number of nitrogens with two attached hydrogens (primary N) is 1. The first-order valence-electron chi connectivity index (χ1n) is 8.31. The summed E-state index contributed by atoms with van der Waals surface area (Å²) in [5, 5.41) is 5.51. The molecule has 4 rings (SSSR count). The molecule has 3 heterocycles. The predicted octanol–water partition coefficient (Wildman–Crippen LogP) is 2.38. The normalized spacial score (nSPS) is 20.5. The van der Waals surface area contributed by atoms with Gasteiger partial charge in [-0.1, -0.05) is 32.0 Å². The van der Waals surface area contributed by atoms with Gasteiger partial charge < -0.3 is 10.6 Å². The highest BCUT2D eigenvalue weighted by Crippen LogP contribution is 2.33. The second-order valence-corrected chi connectivity index (χ2v) is 7.13. The topological polar surface area (TPSA) is 72.9 Å². The van der Waals surface area contributed by atoms with Gasteiger partial charge in [0.15, 0.2) is 5.65 Å². The van der Waals surface area contributed by atoms with E-state index in [0.29, 0.717) is 0 Å². The molecule has 6 heteroatoms. The average molecular weight is 322 g/mol. The summed E-state index contributed by atoms with van der Waals surface area (Å²) in [6.07, 6.45) is 4.45. The van der Waals surface area contributed by atoms with Crippen molar-refractivity contribution in [2.45, 2.75) is 26.3 Å². The Hall–Kier alpha value is -2.47. The van der Waals surface area contributed by atoms with Gasteiger partial charge in [-0.25, -0.2) is 14.6 Å². The van der Waals surface area contributed by atoms with Crippen LogP contribution in [0.5, 0.6) is 0 Å². The molecule has 2 aromatic heterocycles. The quantitative estimate of drug-likeness (QED) is 0.784. The second kappa shape index (κ2) is 5.56. The van der Waals surface area contributed by atoms with E-state index >= 15 is 0 Å². The third-order valence-corrected chi connectivity index (χ3v) is 4.96. The van der Waals surface area contributed by atoms with Crippen molar-refractivity contribution >= 4 is 16.9 Å². The fourth-order valence-corrected chi connectivity index (χ4v) is 3.40. The van der Waals surface area contributed by atoms with Crippen LogP contribution in [0.15, 0.2) is 42.9 Å². The highest BCUT2D eigenvalue weighted by atomic mass is 15.3. The molecular formula is C18H22N6. The molecule has 24 heavy (non-hydrogen) atoms. The molecule has 1 fully saturated rings. The second-order valence-electron chi connectivity index (χ2n) is 7.13. The van der Waals surface area contributed by atoms with Gasteiger partial charge in [-0.2, -0.15) is 5.10 Å². The van der Waals surface area contributed by atoms with Crippen LogP contribution in [0.2, 0.25) is 0 Å². The Morgan fingerprint density at radius 3 is 2.71 bits per heavy atom. The van der Waals surface area contributed by atoms with E-state index in [2.05, 4.69) is 33.8 Å². The third kappa shape index (κ3) is 2.43. The lowest BCUT2D eigenvalue weighted by atomic mass is 9.79. The Morgan fingerprint density at radius 2 is 1.96 bits per heavy atom. The lowest BCUT2D eigenvalue weighted by Gasteiger charge is -2.43. The van der Waals surface area contributed by atoms with Gasteiger partial charge in [0.1, 0.15) is 12.1 Å². The largest absolute Gasteiger partial charge is 0.355 e. The Balaban J connectivity index is 1.77. The number of hydrogen-bond acceptors (Lipinski definition) is 5. The molecule has 1 saturated heterocycles. The summed E-state index contributed by atoms with van der Waals surface area (Å²) in [4.78, 5) is 11.3. The number of benzene rings is 1. The van der Waals surface area contributed by atoms with E-state index in [0.717, 1.165) is 42.0 Å². The zero-order valence-corrected chi connectivity index (χ0v) is 14.1. The van der Waals surface area contributed by atoms with Crippen molar-refractivity contribution < 1.29 is 0 Å². The molecule has 2 N–H and O–H groups in total. The molecule has 3 aromatic rings. The van der Waals surface area contributed by atoms with Crippen molar-refractivity contribution in [3.8, 4) is 5.69 Å². The monoisotopic (exact) mass is 322 g/mol. The van der Waals surface area contributed by atoms with E-state index in [9.17, 15) is 0 Å². The van der Waals surface area contributed by atoms with Crippen molar-refractivity contribution in [2.24, 2.45) is 11.1 Å². The molecule has 6 nitrogen and oxygen atoms in total. The molecule has 0 radical (unpaired) electrons. The van der Waals surface area contributed by atoms with E-state index in [4.69, 9.17) is 5.73 Å². The maximum atomic E-state index is 6.27. The molecule has 1 atom stereocenters. The predicted molar refractivity (Wildman–Crippen MR) is 95.2 cm³/mol. The first-order valence-corrected chi connectivity index (χ1v) is 8.31. The summed E-state index contributed by atoms with van der Waals surface area (Å²) < 4.78 is 1.86. The van der Waals surface area contributed by atoms with Gasteiger partial charge in [-0.05, 0) is 24.0 Å². The number of hydrogen-bond donors (Lipinski definition) is 1. The zero-order valence-electron chi connectivity index (χ0n) is 14.1. The van der Waals surface area contributed by atoms with Crippen LogP contribution in [0.1, 0.15) is 20.3 Å². The van der Waals surface area contributed by atoms with Gasteiger partial charge in [-0.3, -0.25) is 0 Å². The molecule has 0 bridgehead atoms. The summed E-state index contributed by atoms with van der Waals surface area (Å²) in [6.45, 7) is 6.23. The van der Waals surface area contributed by atoms with Crippen LogP contribution in [-0.4, -0.2) is 38.9 Å². The molecule has 1 aliphatic rings. The van der Waals surface area contributed by atoms with Gasteiger partial charge in [0, 0.05) is 19.1 Å². The number of fused-ring (bicyclic) bond motifs is 1. The minimum Gasteiger partial charge on any atom is -0.355 e. The van der Waals surface area contributed by atoms with Crippen LogP contribution in [0.3, 0.4) is 0 Å². The van der Waals surface area contributed by atoms with Crippen LogP contribution >= 0.6 is 0 Å². The van der Waals surface area contributed by atoms with E-state index in [1.807, 2.05) is 41.2 Å². The molecule has 0 spiro atoms. The third-order valence-electron chi connectivity index (χ3n) is 4.96. The number of piperidine rings is 1. The lowest BCUT2D eigenvalue weighted by molar-refractivity contribution is 0.244. The summed E-state index contributed by atoms with van der Waals surface area (Å²) in [6, 6.07) is 10.3. The van der Waals surface area contributed by atoms with Crippen LogP contribution < -0.4 is 10.6 Å². The first-order chi connectivity index (χ1) is 11.6. The zero-order chi connectivity index (χ0) is 16.7. The van der Waals surface area contributed by atoms with E-state index in [1.54, 1.807) is 6.33 Å². The number of nitrogens with zero attached hydrogens (tertiary/aromatic N) is 5. The van der Waals surface area contributed by atoms with Crippen LogP contribution in [0.4, 0.5) is 5.82 Å². The van der Waals surface area contributed by atoms with Crippen molar-refractivity contribution in [3.05, 3.63) is 42.9 Å². The Morgan fingerprint density at radius 1 is 1.17 bits per heavy atom. The Kier molecular flexibility index (Phi) is 3.49. The minimum atomic E-state index is 0.0605. The fraction of sp³-hybridized carbons (Fsp3) is 0.389. The van der Waals surface area contributed by atoms with Crippen molar-refractivity contribution in [1.29, 1.82) is 0 Å². The molecule has 1 unspecified atom stereocenters. The van der Waals surface area contributed by atoms with Gasteiger partial charge in [-0.15, -0.1) is 0 Å². The van der Waals surface area contributed by atoms with Crippen LogP contribution in [-0.2, 0) is 0 Å². The van der Waals surface area contributed by atoms with E-state index in [-0.39, 0.29) is 11.5 Å². The molecule has 0 aliphatic carbocycles. The summed E-state index contributed by atoms with van der Waals surface area (Å²) >= 11 is 0. The van der Waals surface area contributed by atoms with Crippen LogP contribution in [0.25, 0.3) is 16.7 Å². The smallest absolute Gasteiger partial charge is 0.168 e. The average Bonchev–Trinajstić information content (AvgIpc) is 3.02. The molecule has 124 valence electrons.